The Balaban J connectivity index is 1.46. The zero-order chi connectivity index (χ0) is 27.6. The van der Waals surface area contributed by atoms with Crippen LogP contribution in [-0.4, -0.2) is 39.1 Å². The van der Waals surface area contributed by atoms with Crippen LogP contribution in [0, 0.1) is 3.70 Å². The van der Waals surface area contributed by atoms with E-state index in [4.69, 9.17) is 24.6 Å². The molecule has 2 aromatic carbocycles. The summed E-state index contributed by atoms with van der Waals surface area (Å²) in [6, 6.07) is 19.6. The van der Waals surface area contributed by atoms with Crippen molar-refractivity contribution in [3.8, 4) is 28.1 Å². The van der Waals surface area contributed by atoms with Crippen LogP contribution in [-0.2, 0) is 11.2 Å². The van der Waals surface area contributed by atoms with Crippen molar-refractivity contribution >= 4 is 39.6 Å². The summed E-state index contributed by atoms with van der Waals surface area (Å²) < 4.78 is 18.9. The lowest BCUT2D eigenvalue weighted by Crippen LogP contribution is -2.30. The predicted molar refractivity (Wildman–Crippen MR) is 159 cm³/mol. The molecular formula is C30H29IN4O4. The normalized spacial score (nSPS) is 12.4. The number of nitrogens with two attached hydrogens (primary N) is 1. The summed E-state index contributed by atoms with van der Waals surface area (Å²) >= 11 is 2.13. The smallest absolute Gasteiger partial charge is 0.435 e. The van der Waals surface area contributed by atoms with Crippen molar-refractivity contribution in [1.29, 1.82) is 0 Å². The second-order valence-electron chi connectivity index (χ2n) is 10.3. The number of rotatable bonds is 7. The van der Waals surface area contributed by atoms with Crippen LogP contribution >= 0.6 is 22.6 Å². The summed E-state index contributed by atoms with van der Waals surface area (Å²) in [5.41, 5.74) is 10.9. The minimum atomic E-state index is -0.629. The third kappa shape index (κ3) is 6.31. The standard InChI is InChI=1S/C30H29IN4O4/c1-30(2,3)39-29(36)35-26-10-9-20(14-25(26)28(31)34-35)24-15-23(16-33-27(24)21-11-12-37-17-21)38-18-22(32)13-19-7-5-4-6-8-19/h4-12,14-17,22H,13,18,32H2,1-3H3/t22-/m0/s1. The minimum absolute atomic E-state index is 0.166. The number of pyridine rings is 1. The molecular weight excluding hydrogens is 607 g/mol. The summed E-state index contributed by atoms with van der Waals surface area (Å²) in [6.45, 7) is 5.83. The largest absolute Gasteiger partial charge is 0.490 e. The summed E-state index contributed by atoms with van der Waals surface area (Å²) in [5.74, 6) is 0.611. The van der Waals surface area contributed by atoms with E-state index < -0.39 is 11.7 Å². The molecule has 0 fully saturated rings. The number of ether oxygens (including phenoxy) is 2. The van der Waals surface area contributed by atoms with Gasteiger partial charge in [-0.1, -0.05) is 36.4 Å². The highest BCUT2D eigenvalue weighted by atomic mass is 127. The summed E-state index contributed by atoms with van der Waals surface area (Å²) in [7, 11) is 0. The molecule has 3 aromatic heterocycles. The van der Waals surface area contributed by atoms with Crippen molar-refractivity contribution in [3.63, 3.8) is 0 Å². The third-order valence-electron chi connectivity index (χ3n) is 5.97. The van der Waals surface area contributed by atoms with Crippen molar-refractivity contribution in [3.05, 3.63) is 88.7 Å². The molecule has 0 saturated carbocycles. The van der Waals surface area contributed by atoms with E-state index in [1.165, 1.54) is 4.68 Å². The van der Waals surface area contributed by atoms with Crippen LogP contribution in [0.25, 0.3) is 33.3 Å². The fourth-order valence-electron chi connectivity index (χ4n) is 4.25. The molecule has 200 valence electrons. The highest BCUT2D eigenvalue weighted by molar-refractivity contribution is 14.1. The van der Waals surface area contributed by atoms with Gasteiger partial charge in [0.15, 0.2) is 0 Å². The number of benzene rings is 2. The number of aromatic nitrogens is 3. The van der Waals surface area contributed by atoms with E-state index in [2.05, 4.69) is 39.8 Å². The number of halogens is 1. The fraction of sp³-hybridized carbons (Fsp3) is 0.233. The van der Waals surface area contributed by atoms with E-state index in [0.29, 0.717) is 28.0 Å². The van der Waals surface area contributed by atoms with Crippen LogP contribution < -0.4 is 10.5 Å². The first-order chi connectivity index (χ1) is 18.7. The van der Waals surface area contributed by atoms with Crippen LogP contribution in [0.5, 0.6) is 5.75 Å². The van der Waals surface area contributed by atoms with Crippen molar-refractivity contribution < 1.29 is 18.7 Å². The number of furan rings is 1. The average Bonchev–Trinajstić information content (AvgIpc) is 3.55. The molecule has 1 atom stereocenters. The van der Waals surface area contributed by atoms with E-state index >= 15 is 0 Å². The van der Waals surface area contributed by atoms with Crippen LogP contribution in [0.4, 0.5) is 4.79 Å². The number of carbonyl (C=O) groups excluding carboxylic acids is 1. The highest BCUT2D eigenvalue weighted by Crippen LogP contribution is 2.36. The molecule has 0 spiro atoms. The molecule has 0 aliphatic rings. The number of carbonyl (C=O) groups is 1. The van der Waals surface area contributed by atoms with Gasteiger partial charge in [-0.25, -0.2) is 4.79 Å². The monoisotopic (exact) mass is 636 g/mol. The van der Waals surface area contributed by atoms with Gasteiger partial charge in [-0.3, -0.25) is 4.98 Å². The number of nitrogens with zero attached hydrogens (tertiary/aromatic N) is 3. The average molecular weight is 636 g/mol. The lowest BCUT2D eigenvalue weighted by molar-refractivity contribution is 0.0522. The third-order valence-corrected chi connectivity index (χ3v) is 6.77. The van der Waals surface area contributed by atoms with E-state index in [1.54, 1.807) is 18.7 Å². The van der Waals surface area contributed by atoms with Gasteiger partial charge in [0.25, 0.3) is 0 Å². The Morgan fingerprint density at radius 1 is 1.10 bits per heavy atom. The molecule has 0 unspecified atom stereocenters. The molecule has 9 heteroatoms. The van der Waals surface area contributed by atoms with Crippen molar-refractivity contribution in [1.82, 2.24) is 14.8 Å². The van der Waals surface area contributed by atoms with Crippen LogP contribution in [0.2, 0.25) is 0 Å². The molecule has 5 aromatic rings. The second kappa shape index (κ2) is 11.2. The van der Waals surface area contributed by atoms with Gasteiger partial charge < -0.3 is 19.6 Å². The Hall–Kier alpha value is -3.70. The van der Waals surface area contributed by atoms with Gasteiger partial charge in [-0.2, -0.15) is 9.78 Å². The van der Waals surface area contributed by atoms with E-state index in [-0.39, 0.29) is 6.04 Å². The Morgan fingerprint density at radius 3 is 2.62 bits per heavy atom. The maximum absolute atomic E-state index is 12.8. The predicted octanol–water partition coefficient (Wildman–Crippen LogP) is 6.69. The second-order valence-corrected chi connectivity index (χ2v) is 11.3. The maximum atomic E-state index is 12.8. The molecule has 39 heavy (non-hydrogen) atoms. The van der Waals surface area contributed by atoms with E-state index in [9.17, 15) is 4.79 Å². The molecule has 0 aliphatic carbocycles. The molecule has 3 heterocycles. The van der Waals surface area contributed by atoms with E-state index in [1.807, 2.05) is 69.3 Å². The molecule has 0 bridgehead atoms. The number of hydrogen-bond donors (Lipinski definition) is 1. The van der Waals surface area contributed by atoms with Crippen LogP contribution in [0.1, 0.15) is 26.3 Å². The first-order valence-corrected chi connectivity index (χ1v) is 13.6. The zero-order valence-electron chi connectivity index (χ0n) is 21.9. The first-order valence-electron chi connectivity index (χ1n) is 12.5. The first kappa shape index (κ1) is 26.9. The maximum Gasteiger partial charge on any atom is 0.435 e. The summed E-state index contributed by atoms with van der Waals surface area (Å²) in [5, 5.41) is 5.27. The van der Waals surface area contributed by atoms with Crippen molar-refractivity contribution in [2.45, 2.75) is 38.8 Å². The molecule has 0 saturated heterocycles. The Kier molecular flexibility index (Phi) is 7.72. The Labute approximate surface area is 240 Å². The van der Waals surface area contributed by atoms with Gasteiger partial charge in [0.05, 0.1) is 29.9 Å². The Bertz CT molecular complexity index is 1590. The van der Waals surface area contributed by atoms with Gasteiger partial charge in [-0.15, -0.1) is 0 Å². The minimum Gasteiger partial charge on any atom is -0.490 e. The van der Waals surface area contributed by atoms with Gasteiger partial charge >= 0.3 is 6.09 Å². The summed E-state index contributed by atoms with van der Waals surface area (Å²) in [6.07, 6.45) is 5.16. The molecule has 0 aliphatic heterocycles. The molecule has 8 nitrogen and oxygen atoms in total. The van der Waals surface area contributed by atoms with E-state index in [0.717, 1.165) is 33.3 Å². The SMILES string of the molecule is CC(C)(C)OC(=O)n1nc(I)c2cc(-c3cc(OC[C@@H](N)Cc4ccccc4)cnc3-c3ccoc3)ccc21. The van der Waals surface area contributed by atoms with Crippen molar-refractivity contribution in [2.75, 3.05) is 6.61 Å². The summed E-state index contributed by atoms with van der Waals surface area (Å²) in [4.78, 5) is 17.5. The molecule has 0 amide bonds. The van der Waals surface area contributed by atoms with Gasteiger partial charge in [-0.05, 0) is 85.2 Å². The van der Waals surface area contributed by atoms with Crippen LogP contribution in [0.15, 0.2) is 83.8 Å². The highest BCUT2D eigenvalue weighted by Gasteiger charge is 2.22. The molecule has 5 rings (SSSR count). The van der Waals surface area contributed by atoms with Crippen molar-refractivity contribution in [2.24, 2.45) is 5.73 Å². The quantitative estimate of drug-likeness (QED) is 0.198. The van der Waals surface area contributed by atoms with Gasteiger partial charge in [0, 0.05) is 22.6 Å². The number of fused-ring (bicyclic) bond motifs is 1. The lowest BCUT2D eigenvalue weighted by Gasteiger charge is -2.19. The number of hydrogen-bond acceptors (Lipinski definition) is 7. The zero-order valence-corrected chi connectivity index (χ0v) is 24.1. The fourth-order valence-corrected chi connectivity index (χ4v) is 4.89. The molecule has 2 N–H and O–H groups in total. The lowest BCUT2D eigenvalue weighted by atomic mass is 9.99. The molecule has 0 radical (unpaired) electrons. The van der Waals surface area contributed by atoms with Gasteiger partial charge in [0.1, 0.15) is 21.7 Å². The van der Waals surface area contributed by atoms with Gasteiger partial charge in [0.2, 0.25) is 0 Å². The topological polar surface area (TPSA) is 105 Å². The van der Waals surface area contributed by atoms with Crippen LogP contribution in [0.3, 0.4) is 0 Å². The Morgan fingerprint density at radius 2 is 1.90 bits per heavy atom.